The van der Waals surface area contributed by atoms with Crippen molar-refractivity contribution < 1.29 is 17.6 Å². The number of fused-ring (bicyclic) bond motifs is 1. The second-order valence-electron chi connectivity index (χ2n) is 7.08. The molecular weight excluding hydrogens is 397 g/mol. The third-order valence-corrected chi connectivity index (χ3v) is 7.21. The Hall–Kier alpha value is -3.07. The molecule has 1 amide bonds. The molecule has 0 unspecified atom stereocenters. The molecule has 152 valence electrons. The Morgan fingerprint density at radius 2 is 1.90 bits per heavy atom. The number of nitrogens with zero attached hydrogens (tertiary/aromatic N) is 2. The van der Waals surface area contributed by atoms with Crippen LogP contribution >= 0.6 is 0 Å². The van der Waals surface area contributed by atoms with Crippen LogP contribution in [0.3, 0.4) is 0 Å². The predicted octanol–water partition coefficient (Wildman–Crippen LogP) is 1.88. The van der Waals surface area contributed by atoms with Gasteiger partial charge in [-0.3, -0.25) is 14.2 Å². The van der Waals surface area contributed by atoms with Crippen LogP contribution in [-0.2, 0) is 21.2 Å². The minimum absolute atomic E-state index is 0.0600. The number of halogens is 1. The molecule has 0 saturated carbocycles. The van der Waals surface area contributed by atoms with Crippen LogP contribution in [0.15, 0.2) is 53.6 Å². The summed E-state index contributed by atoms with van der Waals surface area (Å²) in [5.74, 6) is -1.57. The van der Waals surface area contributed by atoms with Gasteiger partial charge in [-0.05, 0) is 31.0 Å². The van der Waals surface area contributed by atoms with Gasteiger partial charge in [0.05, 0.1) is 17.2 Å². The van der Waals surface area contributed by atoms with E-state index in [1.54, 1.807) is 24.3 Å². The molecule has 3 aromatic rings. The second kappa shape index (κ2) is 7.40. The van der Waals surface area contributed by atoms with E-state index in [1.807, 2.05) is 6.07 Å². The van der Waals surface area contributed by atoms with Crippen LogP contribution in [0.4, 0.5) is 4.39 Å². The SMILES string of the molecule is C[C@@](CCn1cnc2cc(-c3ccccc3)c(F)cc2c1=O)(C(N)=O)S(C)(=O)=O. The molecule has 0 aliphatic carbocycles. The lowest BCUT2D eigenvalue weighted by Crippen LogP contribution is -2.48. The number of carbonyl (C=O) groups excluding carboxylic acids is 1. The number of aromatic nitrogens is 2. The van der Waals surface area contributed by atoms with E-state index in [0.717, 1.165) is 16.9 Å². The van der Waals surface area contributed by atoms with Crippen LogP contribution in [-0.4, -0.2) is 34.9 Å². The quantitative estimate of drug-likeness (QED) is 0.658. The van der Waals surface area contributed by atoms with Crippen molar-refractivity contribution in [3.05, 3.63) is 65.0 Å². The summed E-state index contributed by atoms with van der Waals surface area (Å²) in [6, 6.07) is 11.5. The number of sulfone groups is 1. The Labute approximate surface area is 166 Å². The first-order chi connectivity index (χ1) is 13.5. The number of hydrogen-bond acceptors (Lipinski definition) is 5. The predicted molar refractivity (Wildman–Crippen MR) is 108 cm³/mol. The number of benzene rings is 2. The Balaban J connectivity index is 2.01. The van der Waals surface area contributed by atoms with Crippen molar-refractivity contribution >= 4 is 26.6 Å². The molecule has 0 spiro atoms. The van der Waals surface area contributed by atoms with Crippen LogP contribution < -0.4 is 11.3 Å². The molecule has 0 bridgehead atoms. The van der Waals surface area contributed by atoms with Crippen LogP contribution in [0.25, 0.3) is 22.0 Å². The average molecular weight is 417 g/mol. The molecule has 1 atom stereocenters. The molecule has 1 aromatic heterocycles. The summed E-state index contributed by atoms with van der Waals surface area (Å²) >= 11 is 0. The third kappa shape index (κ3) is 3.77. The van der Waals surface area contributed by atoms with Gasteiger partial charge in [0.1, 0.15) is 10.6 Å². The molecule has 0 aliphatic rings. The van der Waals surface area contributed by atoms with Crippen molar-refractivity contribution in [3.63, 3.8) is 0 Å². The Bertz CT molecular complexity index is 1260. The van der Waals surface area contributed by atoms with Gasteiger partial charge in [-0.1, -0.05) is 30.3 Å². The van der Waals surface area contributed by atoms with Crippen LogP contribution in [0, 0.1) is 5.82 Å². The molecule has 0 fully saturated rings. The maximum atomic E-state index is 14.6. The van der Waals surface area contributed by atoms with Gasteiger partial charge >= 0.3 is 0 Å². The highest BCUT2D eigenvalue weighted by Crippen LogP contribution is 2.26. The van der Waals surface area contributed by atoms with Gasteiger partial charge in [0, 0.05) is 18.4 Å². The Kier molecular flexibility index (Phi) is 5.27. The first-order valence-electron chi connectivity index (χ1n) is 8.78. The summed E-state index contributed by atoms with van der Waals surface area (Å²) in [6.45, 7) is 1.10. The molecule has 0 saturated heterocycles. The lowest BCUT2D eigenvalue weighted by atomic mass is 10.0. The van der Waals surface area contributed by atoms with Gasteiger partial charge in [0.15, 0.2) is 9.84 Å². The maximum absolute atomic E-state index is 14.6. The van der Waals surface area contributed by atoms with Crippen LogP contribution in [0.1, 0.15) is 13.3 Å². The zero-order chi connectivity index (χ0) is 21.4. The molecular formula is C20H20FN3O4S. The fourth-order valence-electron chi connectivity index (χ4n) is 3.00. The van der Waals surface area contributed by atoms with E-state index < -0.39 is 31.9 Å². The summed E-state index contributed by atoms with van der Waals surface area (Å²) in [6.07, 6.45) is 1.96. The van der Waals surface area contributed by atoms with Crippen LogP contribution in [0.2, 0.25) is 0 Å². The molecule has 9 heteroatoms. The van der Waals surface area contributed by atoms with Gasteiger partial charge in [0.2, 0.25) is 5.91 Å². The monoisotopic (exact) mass is 417 g/mol. The van der Waals surface area contributed by atoms with E-state index in [1.165, 1.54) is 19.3 Å². The van der Waals surface area contributed by atoms with Crippen LogP contribution in [0.5, 0.6) is 0 Å². The van der Waals surface area contributed by atoms with Crippen molar-refractivity contribution in [1.82, 2.24) is 9.55 Å². The minimum atomic E-state index is -3.80. The van der Waals surface area contributed by atoms with Gasteiger partial charge in [-0.25, -0.2) is 17.8 Å². The van der Waals surface area contributed by atoms with E-state index in [4.69, 9.17) is 5.73 Å². The summed E-state index contributed by atoms with van der Waals surface area (Å²) in [4.78, 5) is 28.7. The van der Waals surface area contributed by atoms with Crippen molar-refractivity contribution in [2.45, 2.75) is 24.6 Å². The summed E-state index contributed by atoms with van der Waals surface area (Å²) in [7, 11) is -3.80. The molecule has 3 rings (SSSR count). The average Bonchev–Trinajstić information content (AvgIpc) is 2.67. The number of amides is 1. The lowest BCUT2D eigenvalue weighted by molar-refractivity contribution is -0.120. The van der Waals surface area contributed by atoms with Gasteiger partial charge in [-0.15, -0.1) is 0 Å². The fraction of sp³-hybridized carbons (Fsp3) is 0.250. The third-order valence-electron chi connectivity index (χ3n) is 5.17. The Morgan fingerprint density at radius 1 is 1.24 bits per heavy atom. The molecule has 7 nitrogen and oxygen atoms in total. The van der Waals surface area contributed by atoms with Gasteiger partial charge in [-0.2, -0.15) is 0 Å². The fourth-order valence-corrected chi connectivity index (χ4v) is 3.83. The highest BCUT2D eigenvalue weighted by Gasteiger charge is 2.41. The number of hydrogen-bond donors (Lipinski definition) is 1. The summed E-state index contributed by atoms with van der Waals surface area (Å²) in [5, 5.41) is 0.0600. The molecule has 0 radical (unpaired) electrons. The number of rotatable bonds is 6. The number of nitrogens with two attached hydrogens (primary N) is 1. The van der Waals surface area contributed by atoms with E-state index in [0.29, 0.717) is 16.6 Å². The first-order valence-corrected chi connectivity index (χ1v) is 10.7. The minimum Gasteiger partial charge on any atom is -0.368 e. The van der Waals surface area contributed by atoms with E-state index in [2.05, 4.69) is 4.98 Å². The molecule has 1 heterocycles. The molecule has 2 aromatic carbocycles. The van der Waals surface area contributed by atoms with Gasteiger partial charge in [0.25, 0.3) is 5.56 Å². The van der Waals surface area contributed by atoms with E-state index in [-0.39, 0.29) is 18.4 Å². The Morgan fingerprint density at radius 3 is 2.48 bits per heavy atom. The normalized spacial score (nSPS) is 13.9. The largest absolute Gasteiger partial charge is 0.368 e. The lowest BCUT2D eigenvalue weighted by Gasteiger charge is -2.24. The standard InChI is InChI=1S/C20H20FN3O4S/c1-20(19(22)26,29(2,27)28)8-9-24-12-23-17-11-14(13-6-4-3-5-7-13)16(21)10-15(17)18(24)25/h3-7,10-12H,8-9H2,1-2H3,(H2,22,26)/t20-/m1/s1. The molecule has 2 N–H and O–H groups in total. The number of aryl methyl sites for hydroxylation is 1. The van der Waals surface area contributed by atoms with Gasteiger partial charge < -0.3 is 5.73 Å². The summed E-state index contributed by atoms with van der Waals surface area (Å²) in [5.41, 5.74) is 6.03. The maximum Gasteiger partial charge on any atom is 0.261 e. The summed E-state index contributed by atoms with van der Waals surface area (Å²) < 4.78 is 37.9. The smallest absolute Gasteiger partial charge is 0.261 e. The zero-order valence-electron chi connectivity index (χ0n) is 15.9. The zero-order valence-corrected chi connectivity index (χ0v) is 16.7. The second-order valence-corrected chi connectivity index (χ2v) is 9.52. The van der Waals surface area contributed by atoms with Crippen molar-refractivity contribution in [2.75, 3.05) is 6.26 Å². The highest BCUT2D eigenvalue weighted by atomic mass is 32.2. The van der Waals surface area contributed by atoms with E-state index >= 15 is 0 Å². The first kappa shape index (κ1) is 20.7. The van der Waals surface area contributed by atoms with Crippen molar-refractivity contribution in [2.24, 2.45) is 5.73 Å². The molecule has 0 aliphatic heterocycles. The molecule has 29 heavy (non-hydrogen) atoms. The topological polar surface area (TPSA) is 112 Å². The van der Waals surface area contributed by atoms with Crippen molar-refractivity contribution in [3.8, 4) is 11.1 Å². The van der Waals surface area contributed by atoms with E-state index in [9.17, 15) is 22.4 Å². The number of primary amides is 1. The number of carbonyl (C=O) groups is 1. The van der Waals surface area contributed by atoms with Crippen molar-refractivity contribution in [1.29, 1.82) is 0 Å². The highest BCUT2D eigenvalue weighted by molar-refractivity contribution is 7.92.